The van der Waals surface area contributed by atoms with Gasteiger partial charge in [-0.25, -0.2) is 9.18 Å². The second-order valence-electron chi connectivity index (χ2n) is 2.44. The first-order chi connectivity index (χ1) is 6.33. The molecule has 0 aromatic heterocycles. The topological polar surface area (TPSA) is 29.4 Å². The lowest BCUT2D eigenvalue weighted by atomic mass is 10.1. The van der Waals surface area contributed by atoms with Gasteiger partial charge < -0.3 is 0 Å². The lowest BCUT2D eigenvalue weighted by Crippen LogP contribution is -1.80. The highest BCUT2D eigenvalue weighted by molar-refractivity contribution is 5.34. The van der Waals surface area contributed by atoms with Crippen molar-refractivity contribution >= 4 is 6.08 Å². The third-order valence-electron chi connectivity index (χ3n) is 1.50. The highest BCUT2D eigenvalue weighted by Gasteiger charge is 1.89. The predicted molar refractivity (Wildman–Crippen MR) is 47.4 cm³/mol. The minimum absolute atomic E-state index is 0.251. The van der Waals surface area contributed by atoms with Gasteiger partial charge in [0.2, 0.25) is 6.08 Å². The third-order valence-corrected chi connectivity index (χ3v) is 1.50. The van der Waals surface area contributed by atoms with Crippen LogP contribution in [0.2, 0.25) is 0 Å². The molecule has 0 radical (unpaired) electrons. The van der Waals surface area contributed by atoms with Crippen LogP contribution in [-0.2, 0) is 11.2 Å². The zero-order valence-electron chi connectivity index (χ0n) is 6.90. The van der Waals surface area contributed by atoms with Crippen LogP contribution in [0.4, 0.5) is 4.39 Å². The summed E-state index contributed by atoms with van der Waals surface area (Å²) in [7, 11) is 0. The number of benzene rings is 1. The zero-order chi connectivity index (χ0) is 9.52. The summed E-state index contributed by atoms with van der Waals surface area (Å²) in [4.78, 5) is 12.9. The molecule has 2 nitrogen and oxygen atoms in total. The number of aliphatic imine (C=N–C) groups is 1. The molecule has 1 aromatic rings. The Morgan fingerprint density at radius 2 is 2.08 bits per heavy atom. The molecule has 0 aliphatic heterocycles. The SMILES string of the molecule is O=C=N/C=C\Cc1ccc(F)cc1. The molecule has 0 bridgehead atoms. The maximum absolute atomic E-state index is 12.4. The summed E-state index contributed by atoms with van der Waals surface area (Å²) in [6.45, 7) is 0. The summed E-state index contributed by atoms with van der Waals surface area (Å²) >= 11 is 0. The first kappa shape index (κ1) is 9.36. The molecule has 1 rings (SSSR count). The molecule has 0 saturated heterocycles. The molecule has 66 valence electrons. The summed E-state index contributed by atoms with van der Waals surface area (Å²) in [5, 5.41) is 0. The van der Waals surface area contributed by atoms with Crippen molar-refractivity contribution < 1.29 is 9.18 Å². The zero-order valence-corrected chi connectivity index (χ0v) is 6.90. The summed E-state index contributed by atoms with van der Waals surface area (Å²) in [5.41, 5.74) is 0.971. The Hall–Kier alpha value is -1.73. The molecule has 0 spiro atoms. The van der Waals surface area contributed by atoms with E-state index in [1.54, 1.807) is 18.2 Å². The molecule has 3 heteroatoms. The molecule has 13 heavy (non-hydrogen) atoms. The van der Waals surface area contributed by atoms with Gasteiger partial charge in [0.05, 0.1) is 0 Å². The minimum Gasteiger partial charge on any atom is -0.211 e. The second-order valence-corrected chi connectivity index (χ2v) is 2.44. The molecule has 0 heterocycles. The summed E-state index contributed by atoms with van der Waals surface area (Å²) in [6, 6.07) is 6.16. The average Bonchev–Trinajstić information content (AvgIpc) is 2.15. The van der Waals surface area contributed by atoms with Gasteiger partial charge in [-0.15, -0.1) is 0 Å². The van der Waals surface area contributed by atoms with Crippen LogP contribution in [0.5, 0.6) is 0 Å². The average molecular weight is 177 g/mol. The highest BCUT2D eigenvalue weighted by Crippen LogP contribution is 2.03. The number of hydrogen-bond acceptors (Lipinski definition) is 2. The predicted octanol–water partition coefficient (Wildman–Crippen LogP) is 2.22. The standard InChI is InChI=1S/C10H8FNO/c11-10-5-3-9(4-6-10)2-1-7-12-8-13/h1,3-7H,2H2/b7-1-. The van der Waals surface area contributed by atoms with E-state index in [0.29, 0.717) is 6.42 Å². The van der Waals surface area contributed by atoms with Crippen LogP contribution in [0.25, 0.3) is 0 Å². The van der Waals surface area contributed by atoms with Gasteiger partial charge in [-0.3, -0.25) is 0 Å². The second kappa shape index (κ2) is 5.01. The van der Waals surface area contributed by atoms with Gasteiger partial charge in [-0.1, -0.05) is 18.2 Å². The van der Waals surface area contributed by atoms with Crippen molar-refractivity contribution in [2.75, 3.05) is 0 Å². The van der Waals surface area contributed by atoms with E-state index in [1.165, 1.54) is 24.4 Å². The summed E-state index contributed by atoms with van der Waals surface area (Å²) in [6.07, 6.45) is 5.10. The fourth-order valence-electron chi connectivity index (χ4n) is 0.892. The van der Waals surface area contributed by atoms with E-state index in [2.05, 4.69) is 4.99 Å². The Morgan fingerprint density at radius 1 is 1.38 bits per heavy atom. The van der Waals surface area contributed by atoms with Crippen molar-refractivity contribution in [2.45, 2.75) is 6.42 Å². The Bertz CT molecular complexity index is 336. The molecule has 0 unspecified atom stereocenters. The van der Waals surface area contributed by atoms with Crippen molar-refractivity contribution in [1.82, 2.24) is 0 Å². The molecule has 0 atom stereocenters. The Kier molecular flexibility index (Phi) is 3.61. The number of isocyanates is 1. The van der Waals surface area contributed by atoms with Gasteiger partial charge in [-0.2, -0.15) is 4.99 Å². The minimum atomic E-state index is -0.251. The van der Waals surface area contributed by atoms with E-state index in [0.717, 1.165) is 5.56 Å². The van der Waals surface area contributed by atoms with Crippen LogP contribution < -0.4 is 0 Å². The first-order valence-corrected chi connectivity index (χ1v) is 3.79. The number of allylic oxidation sites excluding steroid dienone is 1. The van der Waals surface area contributed by atoms with Crippen molar-refractivity contribution in [3.05, 3.63) is 47.9 Å². The molecule has 0 aliphatic rings. The number of hydrogen-bond donors (Lipinski definition) is 0. The molecule has 0 N–H and O–H groups in total. The quantitative estimate of drug-likeness (QED) is 0.514. The third kappa shape index (κ3) is 3.45. The van der Waals surface area contributed by atoms with Gasteiger partial charge in [0.1, 0.15) is 5.82 Å². The molecule has 0 fully saturated rings. The smallest absolute Gasteiger partial charge is 0.211 e. The van der Waals surface area contributed by atoms with Crippen molar-refractivity contribution in [2.24, 2.45) is 4.99 Å². The molecule has 0 amide bonds. The number of halogens is 1. The van der Waals surface area contributed by atoms with Crippen LogP contribution in [0.15, 0.2) is 41.5 Å². The van der Waals surface area contributed by atoms with E-state index in [-0.39, 0.29) is 5.82 Å². The largest absolute Gasteiger partial charge is 0.239 e. The first-order valence-electron chi connectivity index (χ1n) is 3.79. The molecular weight excluding hydrogens is 169 g/mol. The molecule has 1 aromatic carbocycles. The number of nitrogens with zero attached hydrogens (tertiary/aromatic N) is 1. The van der Waals surface area contributed by atoms with Crippen LogP contribution in [0.3, 0.4) is 0 Å². The van der Waals surface area contributed by atoms with E-state index in [1.807, 2.05) is 0 Å². The molecule has 0 aliphatic carbocycles. The fourth-order valence-corrected chi connectivity index (χ4v) is 0.892. The van der Waals surface area contributed by atoms with E-state index in [9.17, 15) is 9.18 Å². The van der Waals surface area contributed by atoms with Crippen molar-refractivity contribution in [3.63, 3.8) is 0 Å². The normalized spacial score (nSPS) is 9.92. The lowest BCUT2D eigenvalue weighted by molar-refractivity contribution is 0.565. The Balaban J connectivity index is 2.55. The fraction of sp³-hybridized carbons (Fsp3) is 0.100. The lowest BCUT2D eigenvalue weighted by Gasteiger charge is -1.93. The van der Waals surface area contributed by atoms with Gasteiger partial charge in [-0.05, 0) is 24.1 Å². The summed E-state index contributed by atoms with van der Waals surface area (Å²) < 4.78 is 12.4. The van der Waals surface area contributed by atoms with Crippen LogP contribution in [-0.4, -0.2) is 6.08 Å². The molecule has 0 saturated carbocycles. The summed E-state index contributed by atoms with van der Waals surface area (Å²) in [5.74, 6) is -0.251. The van der Waals surface area contributed by atoms with Gasteiger partial charge in [0, 0.05) is 6.20 Å². The van der Waals surface area contributed by atoms with Crippen LogP contribution in [0, 0.1) is 5.82 Å². The van der Waals surface area contributed by atoms with Crippen LogP contribution in [0.1, 0.15) is 5.56 Å². The Labute approximate surface area is 75.4 Å². The van der Waals surface area contributed by atoms with Gasteiger partial charge >= 0.3 is 0 Å². The number of carbonyl (C=O) groups excluding carboxylic acids is 1. The van der Waals surface area contributed by atoms with E-state index < -0.39 is 0 Å². The van der Waals surface area contributed by atoms with Crippen molar-refractivity contribution in [1.29, 1.82) is 0 Å². The van der Waals surface area contributed by atoms with Gasteiger partial charge in [0.25, 0.3) is 0 Å². The Morgan fingerprint density at radius 3 is 2.69 bits per heavy atom. The highest BCUT2D eigenvalue weighted by atomic mass is 19.1. The molecular formula is C10H8FNO. The van der Waals surface area contributed by atoms with E-state index in [4.69, 9.17) is 0 Å². The monoisotopic (exact) mass is 177 g/mol. The maximum Gasteiger partial charge on any atom is 0.239 e. The number of rotatable bonds is 3. The van der Waals surface area contributed by atoms with E-state index >= 15 is 0 Å². The maximum atomic E-state index is 12.4. The van der Waals surface area contributed by atoms with Crippen molar-refractivity contribution in [3.8, 4) is 0 Å². The van der Waals surface area contributed by atoms with Gasteiger partial charge in [0.15, 0.2) is 0 Å². The van der Waals surface area contributed by atoms with Crippen LogP contribution >= 0.6 is 0 Å².